The second-order valence-electron chi connectivity index (χ2n) is 2.16. The molecule has 0 atom stereocenters. The molecule has 0 unspecified atom stereocenters. The van der Waals surface area contributed by atoms with E-state index in [1.165, 1.54) is 4.90 Å². The van der Waals surface area contributed by atoms with Crippen molar-refractivity contribution < 1.29 is 9.53 Å². The highest BCUT2D eigenvalue weighted by Gasteiger charge is 2.27. The van der Waals surface area contributed by atoms with Crippen molar-refractivity contribution in [1.29, 1.82) is 0 Å². The Morgan fingerprint density at radius 2 is 2.45 bits per heavy atom. The third-order valence-corrected chi connectivity index (χ3v) is 1.46. The SMILES string of the molecule is O=C1OCN1c1ccccn1. The molecule has 2 rings (SSSR count). The second kappa shape index (κ2) is 2.23. The maximum atomic E-state index is 10.7. The number of carbonyl (C=O) groups is 1. The Morgan fingerprint density at radius 1 is 1.55 bits per heavy atom. The molecule has 0 aliphatic carbocycles. The maximum absolute atomic E-state index is 10.7. The van der Waals surface area contributed by atoms with Crippen molar-refractivity contribution in [3.8, 4) is 0 Å². The van der Waals surface area contributed by atoms with E-state index in [-0.39, 0.29) is 6.09 Å². The van der Waals surface area contributed by atoms with Crippen LogP contribution in [0.15, 0.2) is 24.4 Å². The third kappa shape index (κ3) is 0.920. The summed E-state index contributed by atoms with van der Waals surface area (Å²) in [5.41, 5.74) is 0. The Kier molecular flexibility index (Phi) is 1.25. The predicted molar refractivity (Wildman–Crippen MR) is 38.1 cm³/mol. The number of carbonyl (C=O) groups excluding carboxylic acids is 1. The largest absolute Gasteiger partial charge is 0.427 e. The molecule has 0 spiro atoms. The average Bonchev–Trinajstić information content (AvgIpc) is 2.04. The van der Waals surface area contributed by atoms with Crippen LogP contribution in [0, 0.1) is 0 Å². The molecule has 1 fully saturated rings. The number of amides is 1. The van der Waals surface area contributed by atoms with Crippen molar-refractivity contribution in [3.63, 3.8) is 0 Å². The van der Waals surface area contributed by atoms with Crippen LogP contribution >= 0.6 is 0 Å². The Bertz CT molecular complexity index is 273. The van der Waals surface area contributed by atoms with E-state index < -0.39 is 0 Å². The highest BCUT2D eigenvalue weighted by molar-refractivity contribution is 5.90. The number of hydrogen-bond donors (Lipinski definition) is 0. The monoisotopic (exact) mass is 150 g/mol. The minimum Gasteiger partial charge on any atom is -0.427 e. The van der Waals surface area contributed by atoms with Gasteiger partial charge in [0.05, 0.1) is 0 Å². The number of nitrogens with zero attached hydrogens (tertiary/aromatic N) is 2. The predicted octanol–water partition coefficient (Wildman–Crippen LogP) is 0.996. The van der Waals surface area contributed by atoms with Crippen molar-refractivity contribution in [2.24, 2.45) is 0 Å². The highest BCUT2D eigenvalue weighted by Crippen LogP contribution is 2.16. The highest BCUT2D eigenvalue weighted by atomic mass is 16.6. The summed E-state index contributed by atoms with van der Waals surface area (Å²) in [7, 11) is 0. The van der Waals surface area contributed by atoms with E-state index in [0.29, 0.717) is 12.5 Å². The smallest absolute Gasteiger partial charge is 0.420 e. The number of ether oxygens (including phenoxy) is 1. The molecule has 56 valence electrons. The molecule has 0 radical (unpaired) electrons. The lowest BCUT2D eigenvalue weighted by atomic mass is 10.4. The van der Waals surface area contributed by atoms with E-state index in [4.69, 9.17) is 0 Å². The zero-order valence-corrected chi connectivity index (χ0v) is 5.73. The fourth-order valence-corrected chi connectivity index (χ4v) is 0.855. The van der Waals surface area contributed by atoms with Crippen molar-refractivity contribution >= 4 is 11.9 Å². The molecule has 1 aromatic heterocycles. The van der Waals surface area contributed by atoms with Crippen LogP contribution in [0.2, 0.25) is 0 Å². The molecule has 4 nitrogen and oxygen atoms in total. The van der Waals surface area contributed by atoms with Crippen LogP contribution in [-0.2, 0) is 4.74 Å². The molecule has 1 aromatic rings. The minimum absolute atomic E-state index is 0.315. The van der Waals surface area contributed by atoms with Crippen molar-refractivity contribution in [1.82, 2.24) is 4.98 Å². The van der Waals surface area contributed by atoms with E-state index in [9.17, 15) is 4.79 Å². The Hall–Kier alpha value is -1.58. The van der Waals surface area contributed by atoms with Gasteiger partial charge in [0.25, 0.3) is 0 Å². The number of rotatable bonds is 1. The molecule has 1 aliphatic heterocycles. The summed E-state index contributed by atoms with van der Waals surface area (Å²) in [6.07, 6.45) is 1.31. The first-order chi connectivity index (χ1) is 5.38. The van der Waals surface area contributed by atoms with Crippen LogP contribution in [0.4, 0.5) is 10.6 Å². The van der Waals surface area contributed by atoms with Gasteiger partial charge in [-0.1, -0.05) is 6.07 Å². The van der Waals surface area contributed by atoms with E-state index in [1.54, 1.807) is 18.3 Å². The molecule has 1 aliphatic rings. The van der Waals surface area contributed by atoms with Crippen molar-refractivity contribution in [2.45, 2.75) is 0 Å². The molecule has 11 heavy (non-hydrogen) atoms. The van der Waals surface area contributed by atoms with E-state index in [2.05, 4.69) is 9.72 Å². The first-order valence-electron chi connectivity index (χ1n) is 3.23. The van der Waals surface area contributed by atoms with Crippen LogP contribution in [0.25, 0.3) is 0 Å². The molecular formula is C7H6N2O2. The van der Waals surface area contributed by atoms with Gasteiger partial charge >= 0.3 is 6.09 Å². The third-order valence-electron chi connectivity index (χ3n) is 1.46. The summed E-state index contributed by atoms with van der Waals surface area (Å²) in [5.74, 6) is 0.642. The van der Waals surface area contributed by atoms with Crippen LogP contribution in [-0.4, -0.2) is 17.8 Å². The lowest BCUT2D eigenvalue weighted by Crippen LogP contribution is -2.45. The fourth-order valence-electron chi connectivity index (χ4n) is 0.855. The normalized spacial score (nSPS) is 15.6. The quantitative estimate of drug-likeness (QED) is 0.599. The van der Waals surface area contributed by atoms with Crippen molar-refractivity contribution in [2.75, 3.05) is 11.6 Å². The minimum atomic E-state index is -0.330. The molecule has 0 N–H and O–H groups in total. The Balaban J connectivity index is 2.23. The molecule has 2 heterocycles. The molecular weight excluding hydrogens is 144 g/mol. The first kappa shape index (κ1) is 6.15. The lowest BCUT2D eigenvalue weighted by Gasteiger charge is -2.28. The average molecular weight is 150 g/mol. The van der Waals surface area contributed by atoms with Gasteiger partial charge in [0, 0.05) is 6.20 Å². The van der Waals surface area contributed by atoms with E-state index in [1.807, 2.05) is 6.07 Å². The van der Waals surface area contributed by atoms with Gasteiger partial charge in [-0.3, -0.25) is 0 Å². The van der Waals surface area contributed by atoms with Gasteiger partial charge in [-0.05, 0) is 12.1 Å². The lowest BCUT2D eigenvalue weighted by molar-refractivity contribution is 0.107. The van der Waals surface area contributed by atoms with E-state index >= 15 is 0 Å². The number of anilines is 1. The van der Waals surface area contributed by atoms with Crippen molar-refractivity contribution in [3.05, 3.63) is 24.4 Å². The Labute approximate surface area is 63.4 Å². The summed E-state index contributed by atoms with van der Waals surface area (Å²) in [4.78, 5) is 16.1. The summed E-state index contributed by atoms with van der Waals surface area (Å²) in [6.45, 7) is 0.315. The maximum Gasteiger partial charge on any atom is 0.420 e. The van der Waals surface area contributed by atoms with Gasteiger partial charge in [-0.15, -0.1) is 0 Å². The number of pyridine rings is 1. The van der Waals surface area contributed by atoms with Gasteiger partial charge in [0.1, 0.15) is 5.82 Å². The molecule has 1 saturated heterocycles. The molecule has 4 heteroatoms. The zero-order chi connectivity index (χ0) is 7.68. The topological polar surface area (TPSA) is 42.4 Å². The summed E-state index contributed by atoms with van der Waals surface area (Å²) >= 11 is 0. The van der Waals surface area contributed by atoms with Gasteiger partial charge < -0.3 is 4.74 Å². The van der Waals surface area contributed by atoms with Crippen LogP contribution in [0.1, 0.15) is 0 Å². The number of hydrogen-bond acceptors (Lipinski definition) is 3. The van der Waals surface area contributed by atoms with Gasteiger partial charge in [-0.25, -0.2) is 14.7 Å². The van der Waals surface area contributed by atoms with Gasteiger partial charge in [0.15, 0.2) is 6.73 Å². The summed E-state index contributed by atoms with van der Waals surface area (Å²) < 4.78 is 4.54. The zero-order valence-electron chi connectivity index (χ0n) is 5.73. The Morgan fingerprint density at radius 3 is 2.91 bits per heavy atom. The fraction of sp³-hybridized carbons (Fsp3) is 0.143. The van der Waals surface area contributed by atoms with E-state index in [0.717, 1.165) is 0 Å². The first-order valence-corrected chi connectivity index (χ1v) is 3.23. The van der Waals surface area contributed by atoms with Gasteiger partial charge in [-0.2, -0.15) is 0 Å². The van der Waals surface area contributed by atoms with Crippen LogP contribution in [0.3, 0.4) is 0 Å². The van der Waals surface area contributed by atoms with Gasteiger partial charge in [0.2, 0.25) is 0 Å². The number of cyclic esters (lactones) is 1. The molecule has 0 saturated carbocycles. The molecule has 0 bridgehead atoms. The van der Waals surface area contributed by atoms with Crippen LogP contribution < -0.4 is 4.90 Å². The summed E-state index contributed by atoms with van der Waals surface area (Å²) in [6, 6.07) is 5.39. The van der Waals surface area contributed by atoms with Crippen LogP contribution in [0.5, 0.6) is 0 Å². The number of aromatic nitrogens is 1. The molecule has 1 amide bonds. The summed E-state index contributed by atoms with van der Waals surface area (Å²) in [5, 5.41) is 0. The second-order valence-corrected chi connectivity index (χ2v) is 2.16. The standard InChI is InChI=1S/C7H6N2O2/c10-7-9(5-11-7)6-3-1-2-4-8-6/h1-4H,5H2. The molecule has 0 aromatic carbocycles.